The van der Waals surface area contributed by atoms with Gasteiger partial charge in [0.1, 0.15) is 11.6 Å². The Labute approximate surface area is 158 Å². The van der Waals surface area contributed by atoms with Crippen LogP contribution in [0, 0.1) is 19.7 Å². The van der Waals surface area contributed by atoms with Crippen molar-refractivity contribution in [2.45, 2.75) is 13.8 Å². The molecule has 0 unspecified atom stereocenters. The number of aryl methyl sites for hydroxylation is 2. The fourth-order valence-electron chi connectivity index (χ4n) is 3.09. The molecule has 26 heavy (non-hydrogen) atoms. The topological polar surface area (TPSA) is 32.8 Å². The molecule has 0 N–H and O–H groups in total. The normalized spacial score (nSPS) is 14.5. The van der Waals surface area contributed by atoms with Gasteiger partial charge in [0.2, 0.25) is 0 Å². The van der Waals surface area contributed by atoms with E-state index < -0.39 is 0 Å². The van der Waals surface area contributed by atoms with Gasteiger partial charge in [-0.05, 0) is 61.4 Å². The summed E-state index contributed by atoms with van der Waals surface area (Å²) in [4.78, 5) is 16.4. The van der Waals surface area contributed by atoms with Crippen molar-refractivity contribution in [3.8, 4) is 5.75 Å². The van der Waals surface area contributed by atoms with Gasteiger partial charge in [-0.25, -0.2) is 4.39 Å². The summed E-state index contributed by atoms with van der Waals surface area (Å²) in [5.41, 5.74) is 2.84. The first kappa shape index (κ1) is 18.5. The molecule has 0 aromatic heterocycles. The first-order chi connectivity index (χ1) is 12.4. The molecule has 3 rings (SSSR count). The first-order valence-electron chi connectivity index (χ1n) is 8.62. The molecule has 4 nitrogen and oxygen atoms in total. The molecule has 138 valence electrons. The average molecular weight is 377 g/mol. The Morgan fingerprint density at radius 3 is 2.23 bits per heavy atom. The van der Waals surface area contributed by atoms with Crippen molar-refractivity contribution in [1.82, 2.24) is 4.90 Å². The zero-order valence-electron chi connectivity index (χ0n) is 15.0. The number of piperazine rings is 1. The minimum absolute atomic E-state index is 0.0110. The third-order valence-corrected chi connectivity index (χ3v) is 5.19. The molecule has 1 fully saturated rings. The molecule has 0 atom stereocenters. The Balaban J connectivity index is 1.51. The second kappa shape index (κ2) is 7.96. The molecule has 0 bridgehead atoms. The number of hydrogen-bond acceptors (Lipinski definition) is 3. The largest absolute Gasteiger partial charge is 0.484 e. The zero-order valence-corrected chi connectivity index (χ0v) is 15.7. The third kappa shape index (κ3) is 4.28. The molecule has 6 heteroatoms. The van der Waals surface area contributed by atoms with Crippen LogP contribution in [-0.2, 0) is 4.79 Å². The highest BCUT2D eigenvalue weighted by atomic mass is 35.5. The van der Waals surface area contributed by atoms with Crippen molar-refractivity contribution in [1.29, 1.82) is 0 Å². The van der Waals surface area contributed by atoms with E-state index in [1.54, 1.807) is 17.0 Å². The van der Waals surface area contributed by atoms with Crippen LogP contribution in [0.15, 0.2) is 36.4 Å². The van der Waals surface area contributed by atoms with Crippen LogP contribution in [0.1, 0.15) is 11.1 Å². The number of benzene rings is 2. The van der Waals surface area contributed by atoms with Crippen LogP contribution in [0.5, 0.6) is 5.75 Å². The summed E-state index contributed by atoms with van der Waals surface area (Å²) in [7, 11) is 0. The Bertz CT molecular complexity index is 764. The maximum atomic E-state index is 13.0. The lowest BCUT2D eigenvalue weighted by Crippen LogP contribution is -2.50. The van der Waals surface area contributed by atoms with Crippen molar-refractivity contribution >= 4 is 23.2 Å². The summed E-state index contributed by atoms with van der Waals surface area (Å²) < 4.78 is 18.7. The van der Waals surface area contributed by atoms with Crippen LogP contribution in [-0.4, -0.2) is 43.6 Å². The standard InChI is InChI=1S/C20H22ClFN2O2/c1-14-11-18(12-15(2)20(14)21)26-13-19(25)24-9-7-23(8-10-24)17-5-3-16(22)4-6-17/h3-6,11-12H,7-10,13H2,1-2H3. The number of amides is 1. The zero-order chi connectivity index (χ0) is 18.7. The molecule has 1 aliphatic heterocycles. The summed E-state index contributed by atoms with van der Waals surface area (Å²) in [6.45, 7) is 6.53. The number of anilines is 1. The fourth-order valence-corrected chi connectivity index (χ4v) is 3.20. The van der Waals surface area contributed by atoms with Crippen molar-refractivity contribution in [3.63, 3.8) is 0 Å². The van der Waals surface area contributed by atoms with Gasteiger partial charge in [0, 0.05) is 36.9 Å². The number of rotatable bonds is 4. The van der Waals surface area contributed by atoms with Crippen LogP contribution in [0.4, 0.5) is 10.1 Å². The minimum Gasteiger partial charge on any atom is -0.484 e. The predicted octanol–water partition coefficient (Wildman–Crippen LogP) is 3.82. The molecule has 0 spiro atoms. The summed E-state index contributed by atoms with van der Waals surface area (Å²) in [6, 6.07) is 10.1. The van der Waals surface area contributed by atoms with Crippen LogP contribution in [0.3, 0.4) is 0 Å². The van der Waals surface area contributed by atoms with Gasteiger partial charge in [-0.2, -0.15) is 0 Å². The molecule has 1 heterocycles. The number of hydrogen-bond donors (Lipinski definition) is 0. The molecule has 1 aliphatic rings. The lowest BCUT2D eigenvalue weighted by molar-refractivity contribution is -0.133. The Morgan fingerprint density at radius 1 is 1.08 bits per heavy atom. The van der Waals surface area contributed by atoms with Gasteiger partial charge in [0.25, 0.3) is 5.91 Å². The van der Waals surface area contributed by atoms with Crippen molar-refractivity contribution in [2.75, 3.05) is 37.7 Å². The van der Waals surface area contributed by atoms with E-state index in [-0.39, 0.29) is 18.3 Å². The van der Waals surface area contributed by atoms with E-state index in [9.17, 15) is 9.18 Å². The van der Waals surface area contributed by atoms with Gasteiger partial charge < -0.3 is 14.5 Å². The number of carbonyl (C=O) groups excluding carboxylic acids is 1. The summed E-state index contributed by atoms with van der Waals surface area (Å²) in [6.07, 6.45) is 0. The van der Waals surface area contributed by atoms with Gasteiger partial charge in [-0.1, -0.05) is 11.6 Å². The van der Waals surface area contributed by atoms with Crippen LogP contribution < -0.4 is 9.64 Å². The highest BCUT2D eigenvalue weighted by Crippen LogP contribution is 2.26. The van der Waals surface area contributed by atoms with Crippen molar-refractivity contribution in [2.24, 2.45) is 0 Å². The Morgan fingerprint density at radius 2 is 1.65 bits per heavy atom. The van der Waals surface area contributed by atoms with E-state index in [1.807, 2.05) is 26.0 Å². The molecule has 0 saturated carbocycles. The minimum atomic E-state index is -0.243. The highest BCUT2D eigenvalue weighted by molar-refractivity contribution is 6.32. The van der Waals surface area contributed by atoms with Gasteiger partial charge in [0.15, 0.2) is 6.61 Å². The molecular formula is C20H22ClFN2O2. The molecule has 1 saturated heterocycles. The second-order valence-corrected chi connectivity index (χ2v) is 6.88. The number of halogens is 2. The number of nitrogens with zero attached hydrogens (tertiary/aromatic N) is 2. The van der Waals surface area contributed by atoms with E-state index in [1.165, 1.54) is 12.1 Å². The number of carbonyl (C=O) groups is 1. The summed E-state index contributed by atoms with van der Waals surface area (Å²) >= 11 is 6.15. The van der Waals surface area contributed by atoms with E-state index in [2.05, 4.69) is 4.90 Å². The number of ether oxygens (including phenoxy) is 1. The maximum Gasteiger partial charge on any atom is 0.260 e. The first-order valence-corrected chi connectivity index (χ1v) is 8.99. The smallest absolute Gasteiger partial charge is 0.260 e. The van der Waals surface area contributed by atoms with E-state index in [0.717, 1.165) is 34.9 Å². The van der Waals surface area contributed by atoms with E-state index in [0.29, 0.717) is 18.8 Å². The van der Waals surface area contributed by atoms with Gasteiger partial charge in [-0.15, -0.1) is 0 Å². The molecule has 0 aliphatic carbocycles. The molecule has 0 radical (unpaired) electrons. The van der Waals surface area contributed by atoms with Crippen molar-refractivity contribution < 1.29 is 13.9 Å². The Kier molecular flexibility index (Phi) is 5.67. The predicted molar refractivity (Wildman–Crippen MR) is 102 cm³/mol. The average Bonchev–Trinajstić information content (AvgIpc) is 2.65. The SMILES string of the molecule is Cc1cc(OCC(=O)N2CCN(c3ccc(F)cc3)CC2)cc(C)c1Cl. The highest BCUT2D eigenvalue weighted by Gasteiger charge is 2.21. The lowest BCUT2D eigenvalue weighted by Gasteiger charge is -2.36. The molecule has 2 aromatic rings. The van der Waals surface area contributed by atoms with Crippen LogP contribution in [0.25, 0.3) is 0 Å². The van der Waals surface area contributed by atoms with E-state index in [4.69, 9.17) is 16.3 Å². The summed E-state index contributed by atoms with van der Waals surface area (Å²) in [5, 5.41) is 0.723. The van der Waals surface area contributed by atoms with Gasteiger partial charge >= 0.3 is 0 Å². The lowest BCUT2D eigenvalue weighted by atomic mass is 10.1. The quantitative estimate of drug-likeness (QED) is 0.813. The van der Waals surface area contributed by atoms with Crippen LogP contribution >= 0.6 is 11.6 Å². The van der Waals surface area contributed by atoms with Gasteiger partial charge in [0.05, 0.1) is 0 Å². The fraction of sp³-hybridized carbons (Fsp3) is 0.350. The molecule has 1 amide bonds. The maximum absolute atomic E-state index is 13.0. The third-order valence-electron chi connectivity index (χ3n) is 4.60. The van der Waals surface area contributed by atoms with Crippen molar-refractivity contribution in [3.05, 3.63) is 58.4 Å². The molecule has 2 aromatic carbocycles. The van der Waals surface area contributed by atoms with Crippen LogP contribution in [0.2, 0.25) is 5.02 Å². The monoisotopic (exact) mass is 376 g/mol. The second-order valence-electron chi connectivity index (χ2n) is 6.50. The summed E-state index contributed by atoms with van der Waals surface area (Å²) in [5.74, 6) is 0.379. The van der Waals surface area contributed by atoms with E-state index >= 15 is 0 Å². The van der Waals surface area contributed by atoms with Gasteiger partial charge in [-0.3, -0.25) is 4.79 Å². The Hall–Kier alpha value is -2.27. The molecular weight excluding hydrogens is 355 g/mol.